The Labute approximate surface area is 137 Å². The molecule has 0 aliphatic heterocycles. The summed E-state index contributed by atoms with van der Waals surface area (Å²) in [5.41, 5.74) is 0.309. The van der Waals surface area contributed by atoms with Gasteiger partial charge in [0.15, 0.2) is 0 Å². The predicted octanol–water partition coefficient (Wildman–Crippen LogP) is -1.24. The van der Waals surface area contributed by atoms with Crippen LogP contribution in [0.25, 0.3) is 10.8 Å². The molecule has 1 amide bonds. The second-order valence-corrected chi connectivity index (χ2v) is 6.01. The van der Waals surface area contributed by atoms with E-state index in [9.17, 15) is 30.3 Å². The van der Waals surface area contributed by atoms with Gasteiger partial charge in [-0.25, -0.2) is 0 Å². The van der Waals surface area contributed by atoms with E-state index in [0.29, 0.717) is 5.56 Å². The number of benzene rings is 2. The zero-order valence-electron chi connectivity index (χ0n) is 12.6. The van der Waals surface area contributed by atoms with Crippen molar-refractivity contribution in [2.75, 3.05) is 0 Å². The van der Waals surface area contributed by atoms with E-state index in [1.165, 1.54) is 0 Å². The molecule has 2 aromatic rings. The first kappa shape index (κ1) is 16.8. The van der Waals surface area contributed by atoms with Gasteiger partial charge < -0.3 is 30.8 Å². The van der Waals surface area contributed by atoms with Crippen molar-refractivity contribution in [3.05, 3.63) is 48.0 Å². The highest BCUT2D eigenvalue weighted by Gasteiger charge is 2.48. The average Bonchev–Trinajstić information content (AvgIpc) is 2.61. The maximum absolute atomic E-state index is 12.4. The quantitative estimate of drug-likeness (QED) is 0.407. The minimum atomic E-state index is -1.69. The molecule has 1 saturated carbocycles. The van der Waals surface area contributed by atoms with Crippen molar-refractivity contribution in [1.29, 1.82) is 0 Å². The van der Waals surface area contributed by atoms with Crippen molar-refractivity contribution in [3.63, 3.8) is 0 Å². The summed E-state index contributed by atoms with van der Waals surface area (Å²) >= 11 is 0. The highest BCUT2D eigenvalue weighted by atomic mass is 16.4. The minimum absolute atomic E-state index is 0.309. The van der Waals surface area contributed by atoms with Gasteiger partial charge in [0.1, 0.15) is 30.5 Å². The van der Waals surface area contributed by atoms with Crippen LogP contribution in [-0.2, 0) is 0 Å². The van der Waals surface area contributed by atoms with Crippen molar-refractivity contribution >= 4 is 16.7 Å². The molecule has 0 bridgehead atoms. The maximum Gasteiger partial charge on any atom is 0.251 e. The van der Waals surface area contributed by atoms with Gasteiger partial charge in [0.05, 0.1) is 6.04 Å². The molecule has 7 heteroatoms. The molecule has 6 N–H and O–H groups in total. The second kappa shape index (κ2) is 6.46. The first-order valence-electron chi connectivity index (χ1n) is 7.60. The molecule has 0 radical (unpaired) electrons. The van der Waals surface area contributed by atoms with Gasteiger partial charge in [-0.2, -0.15) is 0 Å². The van der Waals surface area contributed by atoms with Gasteiger partial charge in [0, 0.05) is 5.56 Å². The Morgan fingerprint density at radius 2 is 1.29 bits per heavy atom. The van der Waals surface area contributed by atoms with Crippen LogP contribution in [0, 0.1) is 0 Å². The zero-order valence-corrected chi connectivity index (χ0v) is 12.6. The Morgan fingerprint density at radius 3 is 1.92 bits per heavy atom. The molecular weight excluding hydrogens is 314 g/mol. The summed E-state index contributed by atoms with van der Waals surface area (Å²) in [6.07, 6.45) is -8.26. The number of carbonyl (C=O) groups is 1. The fraction of sp³-hybridized carbons (Fsp3) is 0.353. The van der Waals surface area contributed by atoms with E-state index in [1.54, 1.807) is 18.2 Å². The smallest absolute Gasteiger partial charge is 0.251 e. The minimum Gasteiger partial charge on any atom is -0.388 e. The lowest BCUT2D eigenvalue weighted by Gasteiger charge is -2.42. The summed E-state index contributed by atoms with van der Waals surface area (Å²) in [5.74, 6) is -0.570. The Bertz CT molecular complexity index is 735. The largest absolute Gasteiger partial charge is 0.388 e. The van der Waals surface area contributed by atoms with Gasteiger partial charge in [-0.1, -0.05) is 30.3 Å². The highest BCUT2D eigenvalue weighted by Crippen LogP contribution is 2.22. The number of aliphatic hydroxyl groups excluding tert-OH is 5. The molecule has 6 atom stereocenters. The molecule has 0 heterocycles. The average molecular weight is 333 g/mol. The second-order valence-electron chi connectivity index (χ2n) is 6.01. The van der Waals surface area contributed by atoms with Gasteiger partial charge in [-0.3, -0.25) is 4.79 Å². The zero-order chi connectivity index (χ0) is 17.4. The van der Waals surface area contributed by atoms with Crippen LogP contribution in [0.4, 0.5) is 0 Å². The number of aliphatic hydroxyl groups is 5. The van der Waals surface area contributed by atoms with Gasteiger partial charge >= 0.3 is 0 Å². The van der Waals surface area contributed by atoms with Gasteiger partial charge in [0.25, 0.3) is 5.91 Å². The Balaban J connectivity index is 1.82. The molecule has 0 spiro atoms. The molecule has 2 unspecified atom stereocenters. The van der Waals surface area contributed by atoms with Crippen LogP contribution in [0.2, 0.25) is 0 Å². The number of amides is 1. The fourth-order valence-electron chi connectivity index (χ4n) is 2.97. The lowest BCUT2D eigenvalue weighted by Crippen LogP contribution is -2.68. The summed E-state index contributed by atoms with van der Waals surface area (Å²) in [6, 6.07) is 11.2. The summed E-state index contributed by atoms with van der Waals surface area (Å²) in [6.45, 7) is 0. The summed E-state index contributed by atoms with van der Waals surface area (Å²) < 4.78 is 0. The molecule has 0 aromatic heterocycles. The summed E-state index contributed by atoms with van der Waals surface area (Å²) in [5, 5.41) is 53.1. The summed E-state index contributed by atoms with van der Waals surface area (Å²) in [7, 11) is 0. The van der Waals surface area contributed by atoms with Crippen LogP contribution in [-0.4, -0.2) is 68.0 Å². The highest BCUT2D eigenvalue weighted by molar-refractivity contribution is 5.98. The third-order valence-corrected chi connectivity index (χ3v) is 4.44. The van der Waals surface area contributed by atoms with E-state index < -0.39 is 42.5 Å². The molecule has 0 saturated heterocycles. The predicted molar refractivity (Wildman–Crippen MR) is 85.2 cm³/mol. The number of rotatable bonds is 2. The maximum atomic E-state index is 12.4. The van der Waals surface area contributed by atoms with E-state index in [2.05, 4.69) is 5.32 Å². The van der Waals surface area contributed by atoms with Gasteiger partial charge in [0.2, 0.25) is 0 Å². The third kappa shape index (κ3) is 2.88. The molecule has 1 fully saturated rings. The molecule has 3 rings (SSSR count). The van der Waals surface area contributed by atoms with Crippen LogP contribution in [0.1, 0.15) is 10.4 Å². The van der Waals surface area contributed by atoms with Crippen LogP contribution < -0.4 is 5.32 Å². The van der Waals surface area contributed by atoms with E-state index in [-0.39, 0.29) is 0 Å². The Kier molecular flexibility index (Phi) is 4.53. The van der Waals surface area contributed by atoms with Crippen LogP contribution in [0.15, 0.2) is 42.5 Å². The monoisotopic (exact) mass is 333 g/mol. The van der Waals surface area contributed by atoms with E-state index in [1.807, 2.05) is 24.3 Å². The lowest BCUT2D eigenvalue weighted by molar-refractivity contribution is -0.188. The molecule has 1 aliphatic rings. The Morgan fingerprint density at radius 1 is 0.750 bits per heavy atom. The molecule has 7 nitrogen and oxygen atoms in total. The number of hydrogen-bond donors (Lipinski definition) is 6. The number of nitrogens with one attached hydrogen (secondary N) is 1. The number of carbonyl (C=O) groups excluding carboxylic acids is 1. The topological polar surface area (TPSA) is 130 Å². The van der Waals surface area contributed by atoms with Crippen molar-refractivity contribution in [1.82, 2.24) is 5.32 Å². The number of fused-ring (bicyclic) bond motifs is 1. The fourth-order valence-corrected chi connectivity index (χ4v) is 2.97. The first-order valence-corrected chi connectivity index (χ1v) is 7.60. The molecule has 24 heavy (non-hydrogen) atoms. The van der Waals surface area contributed by atoms with Crippen LogP contribution in [0.5, 0.6) is 0 Å². The van der Waals surface area contributed by atoms with Crippen molar-refractivity contribution in [2.24, 2.45) is 0 Å². The first-order chi connectivity index (χ1) is 11.4. The molecule has 128 valence electrons. The van der Waals surface area contributed by atoms with Crippen molar-refractivity contribution in [3.8, 4) is 0 Å². The normalized spacial score (nSPS) is 33.4. The lowest BCUT2D eigenvalue weighted by atomic mass is 9.83. The van der Waals surface area contributed by atoms with E-state index in [4.69, 9.17) is 0 Å². The van der Waals surface area contributed by atoms with Crippen LogP contribution >= 0.6 is 0 Å². The Hall–Kier alpha value is -2.03. The molecule has 2 aromatic carbocycles. The summed E-state index contributed by atoms with van der Waals surface area (Å²) in [4.78, 5) is 12.4. The van der Waals surface area contributed by atoms with Crippen molar-refractivity contribution < 1.29 is 30.3 Å². The third-order valence-electron chi connectivity index (χ3n) is 4.44. The van der Waals surface area contributed by atoms with Crippen LogP contribution in [0.3, 0.4) is 0 Å². The van der Waals surface area contributed by atoms with Gasteiger partial charge in [-0.15, -0.1) is 0 Å². The van der Waals surface area contributed by atoms with Gasteiger partial charge in [-0.05, 0) is 22.9 Å². The number of hydrogen-bond acceptors (Lipinski definition) is 6. The van der Waals surface area contributed by atoms with Crippen molar-refractivity contribution in [2.45, 2.75) is 36.6 Å². The SMILES string of the molecule is O=C(NC1[C@@H](O)[C@H](O)C(O)[C@H](O)[C@H]1O)c1ccc2ccccc2c1. The molecular formula is C17H19NO6. The van der Waals surface area contributed by atoms with E-state index >= 15 is 0 Å². The standard InChI is InChI=1S/C17H19NO6/c19-12-11(13(20)15(22)16(23)14(12)21)18-17(24)10-6-5-8-3-1-2-4-9(8)7-10/h1-7,11-16,19-23H,(H,18,24)/t11?,12-,13+,14+,15-,16?. The molecule has 1 aliphatic carbocycles. The van der Waals surface area contributed by atoms with E-state index in [0.717, 1.165) is 10.8 Å².